The third-order valence-electron chi connectivity index (χ3n) is 6.14. The van der Waals surface area contributed by atoms with E-state index in [4.69, 9.17) is 16.2 Å². The number of hydrogen-bond donors (Lipinski definition) is 2. The van der Waals surface area contributed by atoms with Crippen LogP contribution < -0.4 is 11.5 Å². The first-order valence-corrected chi connectivity index (χ1v) is 11.7. The maximum Gasteiger partial charge on any atom is 0.307 e. The Morgan fingerprint density at radius 1 is 0.811 bits per heavy atom. The number of amides is 1. The van der Waals surface area contributed by atoms with E-state index in [0.29, 0.717) is 43.7 Å². The lowest BCUT2D eigenvalue weighted by Crippen LogP contribution is -2.42. The van der Waals surface area contributed by atoms with Crippen LogP contribution >= 0.6 is 0 Å². The first-order chi connectivity index (χ1) is 17.4. The third kappa shape index (κ3) is 7.68. The second kappa shape index (κ2) is 12.4. The van der Waals surface area contributed by atoms with Gasteiger partial charge in [0.25, 0.3) is 0 Å². The van der Waals surface area contributed by atoms with E-state index in [-0.39, 0.29) is 49.3 Å². The Kier molecular flexibility index (Phi) is 9.55. The van der Waals surface area contributed by atoms with Gasteiger partial charge in [-0.3, -0.25) is 9.59 Å². The molecule has 202 valence electrons. The zero-order valence-electron chi connectivity index (χ0n) is 19.8. The summed E-state index contributed by atoms with van der Waals surface area (Å²) >= 11 is 0. The smallest absolute Gasteiger partial charge is 0.307 e. The average Bonchev–Trinajstić information content (AvgIpc) is 3.28. The van der Waals surface area contributed by atoms with Crippen molar-refractivity contribution < 1.29 is 40.7 Å². The standard InChI is InChI=1S/C25H27F6N3O3/c26-18-10-22(30)20(28)6-13(18)4-15(32)8-24(35)34-3-1-2-17(34)12-37-25(36)9-16(33)5-14-7-21(29)23(31)11-19(14)27/h6-7,10-11,15-17H,1-5,8-9,12,32-33H2/t15-,16-,17?/m0/s1. The normalized spacial score (nSPS) is 17.1. The van der Waals surface area contributed by atoms with Crippen LogP contribution in [0.4, 0.5) is 26.3 Å². The molecule has 1 aliphatic heterocycles. The van der Waals surface area contributed by atoms with Crippen molar-refractivity contribution in [2.45, 2.75) is 56.7 Å². The fourth-order valence-electron chi connectivity index (χ4n) is 4.29. The molecule has 37 heavy (non-hydrogen) atoms. The molecular formula is C25H27F6N3O3. The van der Waals surface area contributed by atoms with Crippen molar-refractivity contribution in [2.75, 3.05) is 13.2 Å². The Morgan fingerprint density at radius 3 is 1.84 bits per heavy atom. The summed E-state index contributed by atoms with van der Waals surface area (Å²) in [6, 6.07) is 0.0193. The van der Waals surface area contributed by atoms with Crippen LogP contribution in [0.5, 0.6) is 0 Å². The first kappa shape index (κ1) is 28.5. The van der Waals surface area contributed by atoms with Gasteiger partial charge in [-0.25, -0.2) is 26.3 Å². The Balaban J connectivity index is 1.47. The number of rotatable bonds is 10. The van der Waals surface area contributed by atoms with Crippen LogP contribution in [0.25, 0.3) is 0 Å². The number of benzene rings is 2. The van der Waals surface area contributed by atoms with E-state index in [1.165, 1.54) is 4.90 Å². The molecule has 12 heteroatoms. The average molecular weight is 531 g/mol. The summed E-state index contributed by atoms with van der Waals surface area (Å²) in [4.78, 5) is 26.4. The van der Waals surface area contributed by atoms with Crippen LogP contribution in [-0.2, 0) is 27.2 Å². The van der Waals surface area contributed by atoms with Crippen molar-refractivity contribution in [2.24, 2.45) is 11.5 Å². The van der Waals surface area contributed by atoms with Crippen molar-refractivity contribution in [1.82, 2.24) is 4.90 Å². The molecule has 1 fully saturated rings. The monoisotopic (exact) mass is 531 g/mol. The number of likely N-dealkylation sites (tertiary alicyclic amines) is 1. The van der Waals surface area contributed by atoms with Crippen LogP contribution in [0.2, 0.25) is 0 Å². The molecule has 3 atom stereocenters. The van der Waals surface area contributed by atoms with Gasteiger partial charge in [0.05, 0.1) is 12.5 Å². The highest BCUT2D eigenvalue weighted by atomic mass is 19.2. The quantitative estimate of drug-likeness (QED) is 0.279. The van der Waals surface area contributed by atoms with Gasteiger partial charge in [-0.05, 0) is 48.9 Å². The maximum atomic E-state index is 13.9. The van der Waals surface area contributed by atoms with Gasteiger partial charge in [0.2, 0.25) is 5.91 Å². The predicted octanol–water partition coefficient (Wildman–Crippen LogP) is 3.28. The number of hydrogen-bond acceptors (Lipinski definition) is 5. The molecule has 4 N–H and O–H groups in total. The van der Waals surface area contributed by atoms with Gasteiger partial charge in [-0.2, -0.15) is 0 Å². The zero-order valence-corrected chi connectivity index (χ0v) is 19.8. The van der Waals surface area contributed by atoms with Gasteiger partial charge in [0, 0.05) is 37.2 Å². The molecule has 0 saturated carbocycles. The van der Waals surface area contributed by atoms with Gasteiger partial charge in [0.1, 0.15) is 18.2 Å². The SMILES string of the molecule is N[C@H](CC(=O)OCC1CCCN1C(=O)C[C@@H](N)Cc1cc(F)c(F)cc1F)Cc1cc(F)c(F)cc1F. The second-order valence-electron chi connectivity index (χ2n) is 9.12. The van der Waals surface area contributed by atoms with E-state index in [1.54, 1.807) is 0 Å². The molecule has 0 radical (unpaired) electrons. The van der Waals surface area contributed by atoms with Crippen molar-refractivity contribution in [3.63, 3.8) is 0 Å². The zero-order chi connectivity index (χ0) is 27.3. The lowest BCUT2D eigenvalue weighted by molar-refractivity contribution is -0.148. The molecule has 1 unspecified atom stereocenters. The third-order valence-corrected chi connectivity index (χ3v) is 6.14. The predicted molar refractivity (Wildman–Crippen MR) is 121 cm³/mol. The summed E-state index contributed by atoms with van der Waals surface area (Å²) in [6.45, 7) is 0.270. The highest BCUT2D eigenvalue weighted by Crippen LogP contribution is 2.21. The molecule has 2 aromatic carbocycles. The lowest BCUT2D eigenvalue weighted by Gasteiger charge is -2.26. The molecule has 0 bridgehead atoms. The number of carbonyl (C=O) groups is 2. The molecule has 1 heterocycles. The van der Waals surface area contributed by atoms with Crippen LogP contribution in [0.1, 0.15) is 36.8 Å². The number of nitrogens with two attached hydrogens (primary N) is 2. The van der Waals surface area contributed by atoms with Crippen LogP contribution in [0.15, 0.2) is 24.3 Å². The number of nitrogens with zero attached hydrogens (tertiary/aromatic N) is 1. The minimum absolute atomic E-state index is 0.121. The number of carbonyl (C=O) groups excluding carboxylic acids is 2. The minimum atomic E-state index is -1.33. The summed E-state index contributed by atoms with van der Waals surface area (Å²) in [5.41, 5.74) is 11.5. The van der Waals surface area contributed by atoms with E-state index < -0.39 is 59.0 Å². The Labute approximate surface area is 209 Å². The maximum absolute atomic E-state index is 13.9. The Morgan fingerprint density at radius 2 is 1.30 bits per heavy atom. The molecular weight excluding hydrogens is 504 g/mol. The topological polar surface area (TPSA) is 98.7 Å². The van der Waals surface area contributed by atoms with E-state index in [2.05, 4.69) is 0 Å². The van der Waals surface area contributed by atoms with Gasteiger partial charge in [-0.15, -0.1) is 0 Å². The Bertz CT molecular complexity index is 1150. The molecule has 1 saturated heterocycles. The summed E-state index contributed by atoms with van der Waals surface area (Å²) in [5, 5.41) is 0. The summed E-state index contributed by atoms with van der Waals surface area (Å²) < 4.78 is 85.8. The molecule has 6 nitrogen and oxygen atoms in total. The molecule has 3 rings (SSSR count). The highest BCUT2D eigenvalue weighted by Gasteiger charge is 2.31. The molecule has 0 aliphatic carbocycles. The van der Waals surface area contributed by atoms with Crippen molar-refractivity contribution in [1.29, 1.82) is 0 Å². The van der Waals surface area contributed by atoms with E-state index in [9.17, 15) is 35.9 Å². The van der Waals surface area contributed by atoms with Gasteiger partial charge in [-0.1, -0.05) is 0 Å². The van der Waals surface area contributed by atoms with Crippen molar-refractivity contribution >= 4 is 11.9 Å². The molecule has 0 aromatic heterocycles. The largest absolute Gasteiger partial charge is 0.463 e. The summed E-state index contributed by atoms with van der Waals surface area (Å²) in [5.74, 6) is -8.11. The number of esters is 1. The van der Waals surface area contributed by atoms with Gasteiger partial charge in [0.15, 0.2) is 23.3 Å². The van der Waals surface area contributed by atoms with Crippen LogP contribution in [0, 0.1) is 34.9 Å². The molecule has 1 aliphatic rings. The number of ether oxygens (including phenoxy) is 1. The molecule has 0 spiro atoms. The fraction of sp³-hybridized carbons (Fsp3) is 0.440. The van der Waals surface area contributed by atoms with E-state index in [1.807, 2.05) is 0 Å². The van der Waals surface area contributed by atoms with Gasteiger partial charge >= 0.3 is 5.97 Å². The van der Waals surface area contributed by atoms with Crippen LogP contribution in [0.3, 0.4) is 0 Å². The fourth-order valence-corrected chi connectivity index (χ4v) is 4.29. The Hall–Kier alpha value is -3.12. The van der Waals surface area contributed by atoms with Crippen molar-refractivity contribution in [3.8, 4) is 0 Å². The number of halogens is 6. The second-order valence-corrected chi connectivity index (χ2v) is 9.12. The van der Waals surface area contributed by atoms with E-state index in [0.717, 1.165) is 0 Å². The highest BCUT2D eigenvalue weighted by molar-refractivity contribution is 5.77. The van der Waals surface area contributed by atoms with Crippen LogP contribution in [-0.4, -0.2) is 48.1 Å². The van der Waals surface area contributed by atoms with Crippen molar-refractivity contribution in [3.05, 3.63) is 70.3 Å². The minimum Gasteiger partial charge on any atom is -0.463 e. The molecule has 1 amide bonds. The summed E-state index contributed by atoms with van der Waals surface area (Å²) in [7, 11) is 0. The summed E-state index contributed by atoms with van der Waals surface area (Å²) in [6.07, 6.45) is 0.298. The van der Waals surface area contributed by atoms with E-state index >= 15 is 0 Å². The van der Waals surface area contributed by atoms with Gasteiger partial charge < -0.3 is 21.1 Å². The first-order valence-electron chi connectivity index (χ1n) is 11.7. The lowest BCUT2D eigenvalue weighted by atomic mass is 10.0. The molecule has 2 aromatic rings.